The first-order chi connectivity index (χ1) is 11.5. The number of aliphatic hydroxyl groups is 1. The summed E-state index contributed by atoms with van der Waals surface area (Å²) in [5.41, 5.74) is -0.269. The van der Waals surface area contributed by atoms with Gasteiger partial charge >= 0.3 is 6.03 Å². The summed E-state index contributed by atoms with van der Waals surface area (Å²) < 4.78 is 10.3. The van der Waals surface area contributed by atoms with Gasteiger partial charge in [0.05, 0.1) is 26.0 Å². The van der Waals surface area contributed by atoms with Crippen molar-refractivity contribution < 1.29 is 19.1 Å². The van der Waals surface area contributed by atoms with Crippen LogP contribution in [0.15, 0.2) is 47.1 Å². The van der Waals surface area contributed by atoms with Crippen LogP contribution < -0.4 is 15.4 Å². The van der Waals surface area contributed by atoms with E-state index in [1.165, 1.54) is 6.26 Å². The molecule has 2 unspecified atom stereocenters. The number of methoxy groups -OCH3 is 1. The predicted octanol–water partition coefficient (Wildman–Crippen LogP) is 2.95. The average molecular weight is 332 g/mol. The highest BCUT2D eigenvalue weighted by Crippen LogP contribution is 2.21. The van der Waals surface area contributed by atoms with Gasteiger partial charge in [0.25, 0.3) is 0 Å². The fourth-order valence-corrected chi connectivity index (χ4v) is 2.39. The van der Waals surface area contributed by atoms with Crippen LogP contribution in [0, 0.1) is 0 Å². The smallest absolute Gasteiger partial charge is 0.315 e. The van der Waals surface area contributed by atoms with Crippen molar-refractivity contribution in [2.45, 2.75) is 31.9 Å². The standard InChI is InChI=1S/C18H24N2O4/c1-4-15(13-7-9-14(23-3)10-8-13)20-17(21)19-12-18(2,22)16-6-5-11-24-16/h5-11,15,22H,4,12H2,1-3H3,(H2,19,20,21). The second-order valence-corrected chi connectivity index (χ2v) is 5.81. The molecule has 3 N–H and O–H groups in total. The van der Waals surface area contributed by atoms with Crippen LogP contribution >= 0.6 is 0 Å². The summed E-state index contributed by atoms with van der Waals surface area (Å²) >= 11 is 0. The maximum Gasteiger partial charge on any atom is 0.315 e. The van der Waals surface area contributed by atoms with Crippen LogP contribution in [-0.4, -0.2) is 24.8 Å². The Labute approximate surface area is 141 Å². The Morgan fingerprint density at radius 3 is 2.58 bits per heavy atom. The summed E-state index contributed by atoms with van der Waals surface area (Å²) in [6.45, 7) is 3.63. The van der Waals surface area contributed by atoms with Gasteiger partial charge in [-0.1, -0.05) is 19.1 Å². The number of hydrogen-bond donors (Lipinski definition) is 3. The van der Waals surface area contributed by atoms with Crippen molar-refractivity contribution >= 4 is 6.03 Å². The van der Waals surface area contributed by atoms with Gasteiger partial charge in [0.2, 0.25) is 0 Å². The maximum absolute atomic E-state index is 12.1. The minimum absolute atomic E-state index is 0.0470. The van der Waals surface area contributed by atoms with Gasteiger partial charge in [-0.3, -0.25) is 0 Å². The summed E-state index contributed by atoms with van der Waals surface area (Å²) in [7, 11) is 1.61. The first-order valence-electron chi connectivity index (χ1n) is 7.91. The molecule has 0 aliphatic rings. The highest BCUT2D eigenvalue weighted by atomic mass is 16.5. The quantitative estimate of drug-likeness (QED) is 0.728. The Kier molecular flexibility index (Phi) is 5.87. The Hall–Kier alpha value is -2.47. The molecule has 24 heavy (non-hydrogen) atoms. The Bertz CT molecular complexity index is 636. The van der Waals surface area contributed by atoms with Crippen molar-refractivity contribution in [3.05, 3.63) is 54.0 Å². The Morgan fingerprint density at radius 1 is 1.33 bits per heavy atom. The molecule has 130 valence electrons. The number of hydrogen-bond acceptors (Lipinski definition) is 4. The molecule has 0 saturated heterocycles. The van der Waals surface area contributed by atoms with E-state index >= 15 is 0 Å². The fourth-order valence-electron chi connectivity index (χ4n) is 2.39. The Morgan fingerprint density at radius 2 is 2.04 bits per heavy atom. The molecule has 2 rings (SSSR count). The summed E-state index contributed by atoms with van der Waals surface area (Å²) in [6.07, 6.45) is 2.23. The van der Waals surface area contributed by atoms with Crippen molar-refractivity contribution in [2.24, 2.45) is 0 Å². The molecule has 0 radical (unpaired) electrons. The molecule has 0 fully saturated rings. The molecule has 1 aromatic carbocycles. The lowest BCUT2D eigenvalue weighted by molar-refractivity contribution is 0.0366. The lowest BCUT2D eigenvalue weighted by Crippen LogP contribution is -2.44. The van der Waals surface area contributed by atoms with E-state index in [2.05, 4.69) is 10.6 Å². The van der Waals surface area contributed by atoms with Crippen LogP contribution in [0.1, 0.15) is 37.6 Å². The predicted molar refractivity (Wildman–Crippen MR) is 90.8 cm³/mol. The fraction of sp³-hybridized carbons (Fsp3) is 0.389. The summed E-state index contributed by atoms with van der Waals surface area (Å²) in [5.74, 6) is 1.18. The van der Waals surface area contributed by atoms with E-state index in [1.54, 1.807) is 26.2 Å². The van der Waals surface area contributed by atoms with Gasteiger partial charge < -0.3 is 24.9 Å². The first-order valence-corrected chi connectivity index (χ1v) is 7.91. The van der Waals surface area contributed by atoms with Crippen molar-refractivity contribution in [2.75, 3.05) is 13.7 Å². The molecular formula is C18H24N2O4. The summed E-state index contributed by atoms with van der Waals surface area (Å²) in [6, 6.07) is 10.5. The van der Waals surface area contributed by atoms with E-state index in [0.717, 1.165) is 17.7 Å². The zero-order chi connectivity index (χ0) is 17.6. The molecule has 0 aliphatic heterocycles. The van der Waals surface area contributed by atoms with Crippen molar-refractivity contribution in [1.29, 1.82) is 0 Å². The zero-order valence-electron chi connectivity index (χ0n) is 14.2. The third-order valence-corrected chi connectivity index (χ3v) is 3.88. The van der Waals surface area contributed by atoms with Gasteiger partial charge in [0.15, 0.2) is 0 Å². The lowest BCUT2D eigenvalue weighted by Gasteiger charge is -2.23. The lowest BCUT2D eigenvalue weighted by atomic mass is 10.0. The van der Waals surface area contributed by atoms with Gasteiger partial charge in [-0.05, 0) is 43.2 Å². The summed E-state index contributed by atoms with van der Waals surface area (Å²) in [5, 5.41) is 15.9. The number of amides is 2. The monoisotopic (exact) mass is 332 g/mol. The van der Waals surface area contributed by atoms with Crippen LogP contribution in [0.3, 0.4) is 0 Å². The Balaban J connectivity index is 1.92. The van der Waals surface area contributed by atoms with E-state index < -0.39 is 5.60 Å². The minimum atomic E-state index is -1.26. The van der Waals surface area contributed by atoms with Crippen molar-refractivity contribution in [3.63, 3.8) is 0 Å². The molecule has 0 aliphatic carbocycles. The number of carbonyl (C=O) groups is 1. The third-order valence-electron chi connectivity index (χ3n) is 3.88. The van der Waals surface area contributed by atoms with Crippen molar-refractivity contribution in [3.8, 4) is 5.75 Å². The van der Waals surface area contributed by atoms with Gasteiger partial charge in [0.1, 0.15) is 17.1 Å². The number of benzene rings is 1. The largest absolute Gasteiger partial charge is 0.497 e. The molecule has 1 heterocycles. The van der Waals surface area contributed by atoms with E-state index in [9.17, 15) is 9.90 Å². The number of rotatable bonds is 7. The summed E-state index contributed by atoms with van der Waals surface area (Å²) in [4.78, 5) is 12.1. The van der Waals surface area contributed by atoms with Gasteiger partial charge in [-0.2, -0.15) is 0 Å². The average Bonchev–Trinajstić information content (AvgIpc) is 3.14. The topological polar surface area (TPSA) is 83.7 Å². The number of nitrogens with one attached hydrogen (secondary N) is 2. The normalized spacial score (nSPS) is 14.5. The molecule has 6 nitrogen and oxygen atoms in total. The van der Waals surface area contributed by atoms with E-state index in [0.29, 0.717) is 5.76 Å². The van der Waals surface area contributed by atoms with Crippen LogP contribution in [0.4, 0.5) is 4.79 Å². The molecule has 0 spiro atoms. The van der Waals surface area contributed by atoms with Crippen LogP contribution in [0.5, 0.6) is 5.75 Å². The number of ether oxygens (including phenoxy) is 1. The first kappa shape index (κ1) is 17.9. The minimum Gasteiger partial charge on any atom is -0.497 e. The van der Waals surface area contributed by atoms with E-state index in [-0.39, 0.29) is 18.6 Å². The number of furan rings is 1. The molecule has 1 aromatic heterocycles. The molecule has 2 atom stereocenters. The molecule has 2 amide bonds. The number of carbonyl (C=O) groups excluding carboxylic acids is 1. The van der Waals surface area contributed by atoms with Crippen LogP contribution in [0.25, 0.3) is 0 Å². The molecule has 0 saturated carbocycles. The highest BCUT2D eigenvalue weighted by Gasteiger charge is 2.27. The molecular weight excluding hydrogens is 308 g/mol. The maximum atomic E-state index is 12.1. The second kappa shape index (κ2) is 7.88. The third kappa shape index (κ3) is 4.52. The van der Waals surface area contributed by atoms with Gasteiger partial charge in [-0.25, -0.2) is 4.79 Å². The molecule has 6 heteroatoms. The number of urea groups is 1. The van der Waals surface area contributed by atoms with E-state index in [1.807, 2.05) is 31.2 Å². The van der Waals surface area contributed by atoms with Crippen LogP contribution in [-0.2, 0) is 5.60 Å². The van der Waals surface area contributed by atoms with Gasteiger partial charge in [-0.15, -0.1) is 0 Å². The van der Waals surface area contributed by atoms with E-state index in [4.69, 9.17) is 9.15 Å². The van der Waals surface area contributed by atoms with Crippen molar-refractivity contribution in [1.82, 2.24) is 10.6 Å². The van der Waals surface area contributed by atoms with Crippen LogP contribution in [0.2, 0.25) is 0 Å². The molecule has 0 bridgehead atoms. The molecule has 2 aromatic rings. The van der Waals surface area contributed by atoms with Gasteiger partial charge in [0, 0.05) is 0 Å². The highest BCUT2D eigenvalue weighted by molar-refractivity contribution is 5.74. The zero-order valence-corrected chi connectivity index (χ0v) is 14.2. The SMILES string of the molecule is CCC(NC(=O)NCC(C)(O)c1ccco1)c1ccc(OC)cc1. The second-order valence-electron chi connectivity index (χ2n) is 5.81.